The lowest BCUT2D eigenvalue weighted by molar-refractivity contribution is 0.122. The lowest BCUT2D eigenvalue weighted by atomic mass is 10.3. The number of hydrogen-bond acceptors (Lipinski definition) is 6. The van der Waals surface area contributed by atoms with Gasteiger partial charge in [0, 0.05) is 38.9 Å². The number of amides is 2. The molecule has 1 aliphatic rings. The van der Waals surface area contributed by atoms with Crippen molar-refractivity contribution < 1.29 is 18.3 Å². The molecule has 0 radical (unpaired) electrons. The number of carbonyl (C=O) groups excluding carboxylic acids is 1. The normalized spacial score (nSPS) is 14.0. The van der Waals surface area contributed by atoms with E-state index in [0.717, 1.165) is 12.1 Å². The standard InChI is InChI=1S/C17H20F2N6O2/c1-24(2)15-14(10-20-16(23-15)25-5-7-27-8-6-25)22-17(26)21-11-3-4-12(18)13(19)9-11/h3-4,9-10H,5-8H2,1-2H3,(H2,21,22,26). The largest absolute Gasteiger partial charge is 0.378 e. The van der Waals surface area contributed by atoms with Gasteiger partial charge >= 0.3 is 6.03 Å². The Morgan fingerprint density at radius 2 is 1.93 bits per heavy atom. The van der Waals surface area contributed by atoms with Crippen molar-refractivity contribution in [3.05, 3.63) is 36.0 Å². The first-order valence-corrected chi connectivity index (χ1v) is 8.34. The molecule has 0 aliphatic carbocycles. The lowest BCUT2D eigenvalue weighted by Crippen LogP contribution is -2.37. The zero-order valence-electron chi connectivity index (χ0n) is 15.0. The Kier molecular flexibility index (Phi) is 5.65. The van der Waals surface area contributed by atoms with E-state index in [1.165, 1.54) is 12.3 Å². The molecule has 1 aromatic heterocycles. The van der Waals surface area contributed by atoms with Gasteiger partial charge in [-0.25, -0.2) is 18.6 Å². The van der Waals surface area contributed by atoms with Crippen molar-refractivity contribution in [1.82, 2.24) is 9.97 Å². The quantitative estimate of drug-likeness (QED) is 0.850. The van der Waals surface area contributed by atoms with Gasteiger partial charge in [-0.1, -0.05) is 0 Å². The van der Waals surface area contributed by atoms with Crippen LogP contribution in [0.2, 0.25) is 0 Å². The first kappa shape index (κ1) is 18.8. The van der Waals surface area contributed by atoms with E-state index in [9.17, 15) is 13.6 Å². The minimum absolute atomic E-state index is 0.128. The second kappa shape index (κ2) is 8.12. The van der Waals surface area contributed by atoms with Gasteiger partial charge in [-0.2, -0.15) is 4.98 Å². The first-order valence-electron chi connectivity index (χ1n) is 8.34. The molecule has 1 aromatic carbocycles. The molecule has 0 saturated carbocycles. The maximum Gasteiger partial charge on any atom is 0.323 e. The lowest BCUT2D eigenvalue weighted by Gasteiger charge is -2.28. The summed E-state index contributed by atoms with van der Waals surface area (Å²) in [5.41, 5.74) is 0.515. The summed E-state index contributed by atoms with van der Waals surface area (Å²) in [5.74, 6) is -0.955. The van der Waals surface area contributed by atoms with Crippen molar-refractivity contribution in [2.45, 2.75) is 0 Å². The van der Waals surface area contributed by atoms with E-state index >= 15 is 0 Å². The number of nitrogens with zero attached hydrogens (tertiary/aromatic N) is 4. The van der Waals surface area contributed by atoms with Crippen molar-refractivity contribution in [3.63, 3.8) is 0 Å². The molecule has 2 amide bonds. The number of halogens is 2. The number of urea groups is 1. The Hall–Kier alpha value is -3.01. The monoisotopic (exact) mass is 378 g/mol. The molecule has 27 heavy (non-hydrogen) atoms. The van der Waals surface area contributed by atoms with Crippen molar-refractivity contribution >= 4 is 29.2 Å². The molecule has 2 aromatic rings. The number of anilines is 4. The van der Waals surface area contributed by atoms with Crippen LogP contribution in [0.25, 0.3) is 0 Å². The van der Waals surface area contributed by atoms with Crippen LogP contribution in [0.3, 0.4) is 0 Å². The van der Waals surface area contributed by atoms with Crippen LogP contribution in [0.4, 0.5) is 36.7 Å². The number of ether oxygens (including phenoxy) is 1. The van der Waals surface area contributed by atoms with Crippen LogP contribution >= 0.6 is 0 Å². The molecular formula is C17H20F2N6O2. The molecular weight excluding hydrogens is 358 g/mol. The molecule has 0 unspecified atom stereocenters. The van der Waals surface area contributed by atoms with Crippen molar-refractivity contribution in [2.24, 2.45) is 0 Å². The summed E-state index contributed by atoms with van der Waals surface area (Å²) in [7, 11) is 3.59. The van der Waals surface area contributed by atoms with Gasteiger partial charge in [0.05, 0.1) is 19.4 Å². The molecule has 0 spiro atoms. The fourth-order valence-corrected chi connectivity index (χ4v) is 2.57. The first-order chi connectivity index (χ1) is 12.9. The highest BCUT2D eigenvalue weighted by atomic mass is 19.2. The molecule has 1 aliphatic heterocycles. The minimum atomic E-state index is -1.04. The molecule has 144 valence electrons. The summed E-state index contributed by atoms with van der Waals surface area (Å²) in [4.78, 5) is 24.8. The number of nitrogens with one attached hydrogen (secondary N) is 2. The Morgan fingerprint density at radius 1 is 1.19 bits per heavy atom. The molecule has 2 heterocycles. The van der Waals surface area contributed by atoms with E-state index in [2.05, 4.69) is 20.6 Å². The van der Waals surface area contributed by atoms with Gasteiger partial charge in [-0.15, -0.1) is 0 Å². The van der Waals surface area contributed by atoms with Gasteiger partial charge < -0.3 is 25.2 Å². The van der Waals surface area contributed by atoms with Crippen molar-refractivity contribution in [3.8, 4) is 0 Å². The topological polar surface area (TPSA) is 82.6 Å². The van der Waals surface area contributed by atoms with E-state index in [-0.39, 0.29) is 5.69 Å². The Labute approximate surface area is 155 Å². The van der Waals surface area contributed by atoms with E-state index in [0.29, 0.717) is 43.8 Å². The number of hydrogen-bond donors (Lipinski definition) is 2. The fraction of sp³-hybridized carbons (Fsp3) is 0.353. The third kappa shape index (κ3) is 4.59. The van der Waals surface area contributed by atoms with Gasteiger partial charge in [0.25, 0.3) is 0 Å². The van der Waals surface area contributed by atoms with E-state index in [1.54, 1.807) is 19.0 Å². The van der Waals surface area contributed by atoms with Crippen LogP contribution in [0.1, 0.15) is 0 Å². The van der Waals surface area contributed by atoms with Gasteiger partial charge in [0.1, 0.15) is 5.69 Å². The number of aromatic nitrogens is 2. The van der Waals surface area contributed by atoms with E-state index in [4.69, 9.17) is 4.74 Å². The number of benzene rings is 1. The molecule has 1 fully saturated rings. The van der Waals surface area contributed by atoms with Gasteiger partial charge in [-0.05, 0) is 12.1 Å². The smallest absolute Gasteiger partial charge is 0.323 e. The van der Waals surface area contributed by atoms with Crippen LogP contribution in [-0.2, 0) is 4.74 Å². The average molecular weight is 378 g/mol. The highest BCUT2D eigenvalue weighted by Crippen LogP contribution is 2.24. The van der Waals surface area contributed by atoms with Crippen molar-refractivity contribution in [1.29, 1.82) is 0 Å². The average Bonchev–Trinajstić information content (AvgIpc) is 2.65. The van der Waals surface area contributed by atoms with Crippen molar-refractivity contribution in [2.75, 3.05) is 60.8 Å². The van der Waals surface area contributed by atoms with Crippen LogP contribution in [-0.4, -0.2) is 56.4 Å². The van der Waals surface area contributed by atoms with Gasteiger partial charge in [0.2, 0.25) is 5.95 Å². The summed E-state index contributed by atoms with van der Waals surface area (Å²) in [6.45, 7) is 2.60. The summed E-state index contributed by atoms with van der Waals surface area (Å²) in [6, 6.07) is 2.49. The highest BCUT2D eigenvalue weighted by Gasteiger charge is 2.18. The second-order valence-electron chi connectivity index (χ2n) is 6.11. The third-order valence-corrected chi connectivity index (χ3v) is 3.90. The molecule has 8 nitrogen and oxygen atoms in total. The Bertz CT molecular complexity index is 827. The SMILES string of the molecule is CN(C)c1nc(N2CCOCC2)ncc1NC(=O)Nc1ccc(F)c(F)c1. The number of morpholine rings is 1. The van der Waals surface area contributed by atoms with Crippen LogP contribution in [0, 0.1) is 11.6 Å². The second-order valence-corrected chi connectivity index (χ2v) is 6.11. The molecule has 1 saturated heterocycles. The summed E-state index contributed by atoms with van der Waals surface area (Å²) >= 11 is 0. The van der Waals surface area contributed by atoms with E-state index < -0.39 is 17.7 Å². The fourth-order valence-electron chi connectivity index (χ4n) is 2.57. The predicted molar refractivity (Wildman–Crippen MR) is 98.4 cm³/mol. The molecule has 2 N–H and O–H groups in total. The van der Waals surface area contributed by atoms with Crippen LogP contribution < -0.4 is 20.4 Å². The zero-order chi connectivity index (χ0) is 19.4. The summed E-state index contributed by atoms with van der Waals surface area (Å²) in [5, 5.41) is 5.07. The van der Waals surface area contributed by atoms with Gasteiger partial charge in [0.15, 0.2) is 17.5 Å². The maximum atomic E-state index is 13.3. The molecule has 0 bridgehead atoms. The number of rotatable bonds is 4. The number of carbonyl (C=O) groups is 1. The summed E-state index contributed by atoms with van der Waals surface area (Å²) in [6.07, 6.45) is 1.51. The zero-order valence-corrected chi connectivity index (χ0v) is 15.0. The molecule has 0 atom stereocenters. The Balaban J connectivity index is 1.74. The van der Waals surface area contributed by atoms with Crippen LogP contribution in [0.15, 0.2) is 24.4 Å². The molecule has 3 rings (SSSR count). The Morgan fingerprint density at radius 3 is 2.59 bits per heavy atom. The predicted octanol–water partition coefficient (Wildman–Crippen LogP) is 2.30. The maximum absolute atomic E-state index is 13.3. The van der Waals surface area contributed by atoms with Gasteiger partial charge in [-0.3, -0.25) is 0 Å². The third-order valence-electron chi connectivity index (χ3n) is 3.90. The summed E-state index contributed by atoms with van der Waals surface area (Å²) < 4.78 is 31.6. The minimum Gasteiger partial charge on any atom is -0.378 e. The van der Waals surface area contributed by atoms with E-state index in [1.807, 2.05) is 4.90 Å². The molecule has 10 heteroatoms. The van der Waals surface area contributed by atoms with Crippen LogP contribution in [0.5, 0.6) is 0 Å². The highest BCUT2D eigenvalue weighted by molar-refractivity contribution is 6.01.